The van der Waals surface area contributed by atoms with Gasteiger partial charge in [-0.2, -0.15) is 5.10 Å². The Morgan fingerprint density at radius 3 is 2.81 bits per heavy atom. The van der Waals surface area contributed by atoms with Gasteiger partial charge in [0.15, 0.2) is 0 Å². The van der Waals surface area contributed by atoms with Crippen LogP contribution in [0.25, 0.3) is 16.6 Å². The van der Waals surface area contributed by atoms with Gasteiger partial charge < -0.3 is 4.74 Å². The smallest absolute Gasteiger partial charge is 0.123 e. The molecule has 2 fully saturated rings. The molecule has 138 valence electrons. The molecule has 6 rings (SSSR count). The Morgan fingerprint density at radius 2 is 2.00 bits per heavy atom. The summed E-state index contributed by atoms with van der Waals surface area (Å²) in [6.45, 7) is 0.979. The van der Waals surface area contributed by atoms with Gasteiger partial charge in [0.1, 0.15) is 5.82 Å². The topological polar surface area (TPSA) is 30.4 Å². The van der Waals surface area contributed by atoms with Crippen LogP contribution in [-0.2, 0) is 11.2 Å². The molecule has 2 aliphatic carbocycles. The zero-order chi connectivity index (χ0) is 18.0. The van der Waals surface area contributed by atoms with Crippen molar-refractivity contribution in [2.45, 2.75) is 50.0 Å². The molecule has 1 aromatic heterocycles. The summed E-state index contributed by atoms with van der Waals surface area (Å²) in [5.41, 5.74) is 5.29. The number of fused-ring (bicyclic) bond motifs is 4. The summed E-state index contributed by atoms with van der Waals surface area (Å²) in [5.74, 6) is 1.20. The Balaban J connectivity index is 1.44. The third-order valence-electron chi connectivity index (χ3n) is 6.99. The highest BCUT2D eigenvalue weighted by Gasteiger charge is 2.51. The van der Waals surface area contributed by atoms with Gasteiger partial charge in [0.25, 0.3) is 0 Å². The predicted molar refractivity (Wildman–Crippen MR) is 103 cm³/mol. The molecular formula is C23H23FN2O. The van der Waals surface area contributed by atoms with Crippen LogP contribution in [0.4, 0.5) is 4.39 Å². The zero-order valence-corrected chi connectivity index (χ0v) is 15.3. The van der Waals surface area contributed by atoms with E-state index < -0.39 is 0 Å². The molecule has 3 atom stereocenters. The molecule has 27 heavy (non-hydrogen) atoms. The highest BCUT2D eigenvalue weighted by Crippen LogP contribution is 2.53. The standard InChI is InChI=1S/C23H23FN2O/c24-18-4-6-19(7-5-18)26-22-11-15-2-1-3-16-12-23(14-27-23)9-8-20(16)21(15)10-17(22)13-25-26/h4-7,10-11,13,16,20H,1-3,8-9,12,14H2. The molecule has 1 saturated heterocycles. The van der Waals surface area contributed by atoms with E-state index in [0.717, 1.165) is 30.1 Å². The Hall–Kier alpha value is -2.20. The van der Waals surface area contributed by atoms with Crippen molar-refractivity contribution in [3.8, 4) is 5.69 Å². The minimum atomic E-state index is -0.218. The average Bonchev–Trinajstić information content (AvgIpc) is 3.34. The third kappa shape index (κ3) is 2.53. The Labute approximate surface area is 158 Å². The van der Waals surface area contributed by atoms with Crippen LogP contribution in [0.2, 0.25) is 0 Å². The summed E-state index contributed by atoms with van der Waals surface area (Å²) < 4.78 is 21.0. The van der Waals surface area contributed by atoms with Gasteiger partial charge in [0.2, 0.25) is 0 Å². The summed E-state index contributed by atoms with van der Waals surface area (Å²) >= 11 is 0. The van der Waals surface area contributed by atoms with E-state index in [1.807, 2.05) is 10.9 Å². The lowest BCUT2D eigenvalue weighted by Gasteiger charge is -2.34. The van der Waals surface area contributed by atoms with Crippen molar-refractivity contribution in [2.24, 2.45) is 5.92 Å². The summed E-state index contributed by atoms with van der Waals surface area (Å²) in [7, 11) is 0. The fraction of sp³-hybridized carbons (Fsp3) is 0.435. The summed E-state index contributed by atoms with van der Waals surface area (Å²) in [4.78, 5) is 0. The second kappa shape index (κ2) is 5.65. The maximum absolute atomic E-state index is 13.3. The van der Waals surface area contributed by atoms with Gasteiger partial charge >= 0.3 is 0 Å². The normalized spacial score (nSPS) is 29.4. The maximum atomic E-state index is 13.3. The highest BCUT2D eigenvalue weighted by atomic mass is 19.1. The maximum Gasteiger partial charge on any atom is 0.123 e. The van der Waals surface area contributed by atoms with Crippen molar-refractivity contribution in [1.82, 2.24) is 9.78 Å². The van der Waals surface area contributed by atoms with Crippen molar-refractivity contribution in [2.75, 3.05) is 6.61 Å². The molecule has 0 radical (unpaired) electrons. The first-order valence-corrected chi connectivity index (χ1v) is 10.1. The van der Waals surface area contributed by atoms with Gasteiger partial charge in [0.05, 0.1) is 29.6 Å². The van der Waals surface area contributed by atoms with Crippen molar-refractivity contribution in [1.29, 1.82) is 0 Å². The minimum absolute atomic E-state index is 0.218. The molecule has 3 aromatic rings. The molecule has 3 nitrogen and oxygen atoms in total. The Kier molecular flexibility index (Phi) is 3.31. The van der Waals surface area contributed by atoms with Crippen LogP contribution in [0.5, 0.6) is 0 Å². The first-order valence-electron chi connectivity index (χ1n) is 10.1. The van der Waals surface area contributed by atoms with E-state index in [1.54, 1.807) is 17.7 Å². The lowest BCUT2D eigenvalue weighted by molar-refractivity contribution is 0.165. The predicted octanol–water partition coefficient (Wildman–Crippen LogP) is 5.15. The van der Waals surface area contributed by atoms with Crippen LogP contribution in [0.1, 0.15) is 49.1 Å². The molecule has 0 bridgehead atoms. The molecule has 0 N–H and O–H groups in total. The lowest BCUT2D eigenvalue weighted by Crippen LogP contribution is -2.28. The number of nitrogens with zero attached hydrogens (tertiary/aromatic N) is 2. The number of rotatable bonds is 1. The van der Waals surface area contributed by atoms with E-state index in [0.29, 0.717) is 5.92 Å². The van der Waals surface area contributed by atoms with Gasteiger partial charge in [-0.05, 0) is 97.9 Å². The van der Waals surface area contributed by atoms with E-state index in [-0.39, 0.29) is 11.4 Å². The van der Waals surface area contributed by atoms with Gasteiger partial charge in [-0.25, -0.2) is 9.07 Å². The Morgan fingerprint density at radius 1 is 1.15 bits per heavy atom. The molecule has 1 aliphatic heterocycles. The van der Waals surface area contributed by atoms with E-state index in [2.05, 4.69) is 17.2 Å². The van der Waals surface area contributed by atoms with Crippen LogP contribution in [0.3, 0.4) is 0 Å². The number of halogens is 1. The van der Waals surface area contributed by atoms with E-state index in [1.165, 1.54) is 55.2 Å². The second-order valence-corrected chi connectivity index (χ2v) is 8.62. The highest BCUT2D eigenvalue weighted by molar-refractivity contribution is 5.82. The number of aryl methyl sites for hydroxylation is 1. The van der Waals surface area contributed by atoms with Crippen molar-refractivity contribution in [3.05, 3.63) is 59.5 Å². The van der Waals surface area contributed by atoms with Crippen molar-refractivity contribution < 1.29 is 9.13 Å². The van der Waals surface area contributed by atoms with Gasteiger partial charge in [-0.3, -0.25) is 0 Å². The quantitative estimate of drug-likeness (QED) is 0.560. The number of hydrogen-bond acceptors (Lipinski definition) is 2. The molecule has 1 saturated carbocycles. The van der Waals surface area contributed by atoms with Gasteiger partial charge in [-0.1, -0.05) is 0 Å². The van der Waals surface area contributed by atoms with E-state index >= 15 is 0 Å². The van der Waals surface area contributed by atoms with Crippen LogP contribution < -0.4 is 0 Å². The van der Waals surface area contributed by atoms with Crippen LogP contribution in [0.15, 0.2) is 42.6 Å². The van der Waals surface area contributed by atoms with Gasteiger partial charge in [0, 0.05) is 5.39 Å². The SMILES string of the molecule is Fc1ccc(-n2ncc3cc4c(cc32)CCCC2CC3(CCC42)CO3)cc1. The molecule has 0 amide bonds. The average molecular weight is 362 g/mol. The fourth-order valence-corrected chi connectivity index (χ4v) is 5.49. The monoisotopic (exact) mass is 362 g/mol. The molecule has 4 heteroatoms. The molecule has 1 spiro atoms. The molecule has 2 heterocycles. The van der Waals surface area contributed by atoms with E-state index in [4.69, 9.17) is 4.74 Å². The van der Waals surface area contributed by atoms with Crippen molar-refractivity contribution >= 4 is 10.9 Å². The van der Waals surface area contributed by atoms with Crippen LogP contribution in [0, 0.1) is 11.7 Å². The number of benzene rings is 2. The summed E-state index contributed by atoms with van der Waals surface area (Å²) in [6.07, 6.45) is 9.35. The molecule has 3 aliphatic rings. The number of hydrogen-bond donors (Lipinski definition) is 0. The largest absolute Gasteiger partial charge is 0.370 e. The minimum Gasteiger partial charge on any atom is -0.370 e. The third-order valence-corrected chi connectivity index (χ3v) is 6.99. The number of ether oxygens (including phenoxy) is 1. The van der Waals surface area contributed by atoms with Crippen LogP contribution in [-0.4, -0.2) is 22.0 Å². The summed E-state index contributed by atoms with van der Waals surface area (Å²) in [5, 5.41) is 5.78. The number of aromatic nitrogens is 2. The molecule has 2 aromatic carbocycles. The lowest BCUT2D eigenvalue weighted by atomic mass is 9.70. The van der Waals surface area contributed by atoms with Crippen LogP contribution >= 0.6 is 0 Å². The van der Waals surface area contributed by atoms with Gasteiger partial charge in [-0.15, -0.1) is 0 Å². The van der Waals surface area contributed by atoms with Crippen molar-refractivity contribution in [3.63, 3.8) is 0 Å². The number of epoxide rings is 1. The van der Waals surface area contributed by atoms with E-state index in [9.17, 15) is 4.39 Å². The first-order chi connectivity index (χ1) is 13.2. The fourth-order valence-electron chi connectivity index (χ4n) is 5.49. The zero-order valence-electron chi connectivity index (χ0n) is 15.3. The molecular weight excluding hydrogens is 339 g/mol. The Bertz CT molecular complexity index is 1020. The molecule has 3 unspecified atom stereocenters. The first kappa shape index (κ1) is 15.8. The summed E-state index contributed by atoms with van der Waals surface area (Å²) in [6, 6.07) is 11.3. The second-order valence-electron chi connectivity index (χ2n) is 8.62.